The van der Waals surface area contributed by atoms with Crippen molar-refractivity contribution < 1.29 is 31.9 Å². The summed E-state index contributed by atoms with van der Waals surface area (Å²) in [6.07, 6.45) is -3.42. The number of carbonyl (C=O) groups is 3. The number of aromatic amines is 1. The average Bonchev–Trinajstić information content (AvgIpc) is 3.25. The van der Waals surface area contributed by atoms with E-state index < -0.39 is 40.8 Å². The van der Waals surface area contributed by atoms with Gasteiger partial charge < -0.3 is 15.1 Å². The van der Waals surface area contributed by atoms with Crippen LogP contribution in [0.3, 0.4) is 0 Å². The van der Waals surface area contributed by atoms with Crippen molar-refractivity contribution in [3.63, 3.8) is 0 Å². The van der Waals surface area contributed by atoms with Gasteiger partial charge in [-0.05, 0) is 24.3 Å². The molecule has 1 aromatic carbocycles. The molecule has 8 nitrogen and oxygen atoms in total. The van der Waals surface area contributed by atoms with Crippen molar-refractivity contribution in [2.75, 3.05) is 32.7 Å². The molecular formula is C18H17F4N5O3. The third-order valence-corrected chi connectivity index (χ3v) is 4.58. The zero-order valence-electron chi connectivity index (χ0n) is 15.5. The number of aromatic nitrogens is 2. The van der Waals surface area contributed by atoms with Gasteiger partial charge in [0.25, 0.3) is 11.8 Å². The van der Waals surface area contributed by atoms with Gasteiger partial charge in [-0.2, -0.15) is 18.3 Å². The Kier molecular flexibility index (Phi) is 6.04. The number of rotatable bonds is 4. The molecule has 3 rings (SSSR count). The number of amides is 3. The fourth-order valence-corrected chi connectivity index (χ4v) is 3.02. The van der Waals surface area contributed by atoms with Crippen molar-refractivity contribution >= 4 is 17.7 Å². The fourth-order valence-electron chi connectivity index (χ4n) is 3.02. The van der Waals surface area contributed by atoms with Crippen molar-refractivity contribution in [3.05, 3.63) is 53.1 Å². The SMILES string of the molecule is O=C(NCC(=O)N1CCN(C(=O)c2cc(F)ccc2C(F)(F)F)CC1)c1ccn[nH]1. The maximum Gasteiger partial charge on any atom is 0.417 e. The van der Waals surface area contributed by atoms with Gasteiger partial charge in [0.2, 0.25) is 5.91 Å². The number of hydrogen-bond acceptors (Lipinski definition) is 4. The van der Waals surface area contributed by atoms with E-state index in [-0.39, 0.29) is 38.4 Å². The first-order valence-electron chi connectivity index (χ1n) is 8.88. The maximum atomic E-state index is 13.5. The Morgan fingerprint density at radius 1 is 1.07 bits per heavy atom. The topological polar surface area (TPSA) is 98.4 Å². The van der Waals surface area contributed by atoms with Crippen LogP contribution >= 0.6 is 0 Å². The van der Waals surface area contributed by atoms with E-state index >= 15 is 0 Å². The van der Waals surface area contributed by atoms with Gasteiger partial charge in [0.1, 0.15) is 11.5 Å². The quantitative estimate of drug-likeness (QED) is 0.719. The third-order valence-electron chi connectivity index (χ3n) is 4.58. The second kappa shape index (κ2) is 8.51. The summed E-state index contributed by atoms with van der Waals surface area (Å²) in [6.45, 7) is -0.185. The molecule has 0 bridgehead atoms. The summed E-state index contributed by atoms with van der Waals surface area (Å²) in [6, 6.07) is 3.18. The molecular weight excluding hydrogens is 410 g/mol. The van der Waals surface area contributed by atoms with Gasteiger partial charge >= 0.3 is 6.18 Å². The molecule has 1 fully saturated rings. The minimum atomic E-state index is -4.80. The Morgan fingerprint density at radius 2 is 1.73 bits per heavy atom. The fraction of sp³-hybridized carbons (Fsp3) is 0.333. The van der Waals surface area contributed by atoms with E-state index in [4.69, 9.17) is 0 Å². The number of nitrogens with zero attached hydrogens (tertiary/aromatic N) is 3. The van der Waals surface area contributed by atoms with Crippen molar-refractivity contribution in [1.82, 2.24) is 25.3 Å². The van der Waals surface area contributed by atoms with Gasteiger partial charge in [-0.15, -0.1) is 0 Å². The first kappa shape index (κ1) is 21.3. The van der Waals surface area contributed by atoms with Crippen LogP contribution < -0.4 is 5.32 Å². The molecule has 1 aromatic heterocycles. The molecule has 12 heteroatoms. The van der Waals surface area contributed by atoms with Crippen LogP contribution in [-0.2, 0) is 11.0 Å². The highest BCUT2D eigenvalue weighted by atomic mass is 19.4. The lowest BCUT2D eigenvalue weighted by molar-refractivity contribution is -0.138. The van der Waals surface area contributed by atoms with Crippen molar-refractivity contribution in [2.24, 2.45) is 0 Å². The number of benzene rings is 1. The molecule has 2 heterocycles. The number of piperazine rings is 1. The normalized spacial score (nSPS) is 14.5. The van der Waals surface area contributed by atoms with Gasteiger partial charge in [-0.3, -0.25) is 19.5 Å². The minimum absolute atomic E-state index is 0.0210. The average molecular weight is 427 g/mol. The van der Waals surface area contributed by atoms with Crippen LogP contribution in [0.5, 0.6) is 0 Å². The van der Waals surface area contributed by atoms with E-state index in [9.17, 15) is 31.9 Å². The lowest BCUT2D eigenvalue weighted by atomic mass is 10.0. The van der Waals surface area contributed by atoms with Crippen molar-refractivity contribution in [1.29, 1.82) is 0 Å². The Labute approximate surface area is 167 Å². The van der Waals surface area contributed by atoms with Gasteiger partial charge in [0, 0.05) is 32.4 Å². The lowest BCUT2D eigenvalue weighted by Crippen LogP contribution is -2.52. The van der Waals surface area contributed by atoms with Gasteiger partial charge in [0.05, 0.1) is 17.7 Å². The molecule has 0 radical (unpaired) electrons. The highest BCUT2D eigenvalue weighted by molar-refractivity contribution is 5.96. The molecule has 2 N–H and O–H groups in total. The molecule has 0 spiro atoms. The number of H-pyrrole nitrogens is 1. The third kappa shape index (κ3) is 4.75. The van der Waals surface area contributed by atoms with Crippen molar-refractivity contribution in [3.8, 4) is 0 Å². The maximum absolute atomic E-state index is 13.5. The van der Waals surface area contributed by atoms with Crippen LogP contribution in [0.1, 0.15) is 26.4 Å². The van der Waals surface area contributed by atoms with Crippen molar-refractivity contribution in [2.45, 2.75) is 6.18 Å². The van der Waals surface area contributed by atoms with E-state index in [1.165, 1.54) is 17.2 Å². The monoisotopic (exact) mass is 427 g/mol. The number of hydrogen-bond donors (Lipinski definition) is 2. The molecule has 0 unspecified atom stereocenters. The van der Waals surface area contributed by atoms with Gasteiger partial charge in [-0.25, -0.2) is 4.39 Å². The Morgan fingerprint density at radius 3 is 2.33 bits per heavy atom. The molecule has 30 heavy (non-hydrogen) atoms. The van der Waals surface area contributed by atoms with Crippen LogP contribution in [0, 0.1) is 5.82 Å². The predicted molar refractivity (Wildman–Crippen MR) is 94.8 cm³/mol. The number of alkyl halides is 3. The Hall–Kier alpha value is -3.44. The first-order chi connectivity index (χ1) is 14.2. The summed E-state index contributed by atoms with van der Waals surface area (Å²) in [4.78, 5) is 39.1. The zero-order chi connectivity index (χ0) is 21.9. The summed E-state index contributed by atoms with van der Waals surface area (Å²) < 4.78 is 52.9. The molecule has 1 aliphatic heterocycles. The van der Waals surface area contributed by atoms with E-state index in [1.807, 2.05) is 0 Å². The molecule has 0 aliphatic carbocycles. The standard InChI is InChI=1S/C18H17F4N5O3/c19-11-1-2-13(18(20,21)22)12(9-11)17(30)27-7-5-26(6-8-27)15(28)10-23-16(29)14-3-4-24-25-14/h1-4,9H,5-8,10H2,(H,23,29)(H,24,25). The molecule has 1 saturated heterocycles. The van der Waals surface area contributed by atoms with E-state index in [0.717, 1.165) is 4.90 Å². The first-order valence-corrected chi connectivity index (χ1v) is 8.88. The van der Waals surface area contributed by atoms with Crippen LogP contribution in [-0.4, -0.2) is 70.4 Å². The highest BCUT2D eigenvalue weighted by Crippen LogP contribution is 2.33. The zero-order valence-corrected chi connectivity index (χ0v) is 15.5. The highest BCUT2D eigenvalue weighted by Gasteiger charge is 2.37. The molecule has 3 amide bonds. The number of carbonyl (C=O) groups excluding carboxylic acids is 3. The molecule has 2 aromatic rings. The predicted octanol–water partition coefficient (Wildman–Crippen LogP) is 1.28. The van der Waals surface area contributed by atoms with Crippen LogP contribution in [0.25, 0.3) is 0 Å². The summed E-state index contributed by atoms with van der Waals surface area (Å²) in [7, 11) is 0. The Bertz CT molecular complexity index is 938. The molecule has 160 valence electrons. The lowest BCUT2D eigenvalue weighted by Gasteiger charge is -2.35. The molecule has 0 saturated carbocycles. The van der Waals surface area contributed by atoms with Crippen LogP contribution in [0.15, 0.2) is 30.5 Å². The number of nitrogens with one attached hydrogen (secondary N) is 2. The van der Waals surface area contributed by atoms with E-state index in [0.29, 0.717) is 18.2 Å². The summed E-state index contributed by atoms with van der Waals surface area (Å²) in [5, 5.41) is 8.50. The largest absolute Gasteiger partial charge is 0.417 e. The smallest absolute Gasteiger partial charge is 0.342 e. The summed E-state index contributed by atoms with van der Waals surface area (Å²) in [5.41, 5.74) is -1.79. The summed E-state index contributed by atoms with van der Waals surface area (Å²) in [5.74, 6) is -2.83. The second-order valence-corrected chi connectivity index (χ2v) is 6.51. The molecule has 0 atom stereocenters. The van der Waals surface area contributed by atoms with Gasteiger partial charge in [-0.1, -0.05) is 0 Å². The van der Waals surface area contributed by atoms with Gasteiger partial charge in [0.15, 0.2) is 0 Å². The summed E-state index contributed by atoms with van der Waals surface area (Å²) >= 11 is 0. The van der Waals surface area contributed by atoms with Crippen LogP contribution in [0.4, 0.5) is 17.6 Å². The molecule has 1 aliphatic rings. The second-order valence-electron chi connectivity index (χ2n) is 6.51. The number of halogens is 4. The van der Waals surface area contributed by atoms with E-state index in [2.05, 4.69) is 15.5 Å². The minimum Gasteiger partial charge on any atom is -0.342 e. The van der Waals surface area contributed by atoms with Crippen LogP contribution in [0.2, 0.25) is 0 Å². The van der Waals surface area contributed by atoms with E-state index in [1.54, 1.807) is 0 Å². The Balaban J connectivity index is 1.58.